The van der Waals surface area contributed by atoms with Crippen LogP contribution in [0.3, 0.4) is 0 Å². The predicted molar refractivity (Wildman–Crippen MR) is 72.3 cm³/mol. The van der Waals surface area contributed by atoms with Gasteiger partial charge in [-0.15, -0.1) is 0 Å². The molecule has 0 saturated carbocycles. The molecule has 1 aliphatic rings. The molecule has 2 nitrogen and oxygen atoms in total. The first-order chi connectivity index (χ1) is 8.10. The lowest BCUT2D eigenvalue weighted by Crippen LogP contribution is -2.40. The van der Waals surface area contributed by atoms with Crippen molar-refractivity contribution in [3.8, 4) is 5.75 Å². The van der Waals surface area contributed by atoms with E-state index in [0.29, 0.717) is 6.42 Å². The summed E-state index contributed by atoms with van der Waals surface area (Å²) in [5, 5.41) is 10.3. The molecule has 1 unspecified atom stereocenters. The van der Waals surface area contributed by atoms with Gasteiger partial charge in [0.2, 0.25) is 0 Å². The number of halogens is 1. The van der Waals surface area contributed by atoms with Crippen molar-refractivity contribution in [1.29, 1.82) is 0 Å². The topological polar surface area (TPSA) is 29.5 Å². The van der Waals surface area contributed by atoms with Crippen LogP contribution in [0.4, 0.5) is 0 Å². The number of benzene rings is 1. The molecule has 3 heteroatoms. The molecule has 1 N–H and O–H groups in total. The molecule has 0 aliphatic carbocycles. The van der Waals surface area contributed by atoms with Crippen molar-refractivity contribution in [2.24, 2.45) is 0 Å². The van der Waals surface area contributed by atoms with E-state index in [1.807, 2.05) is 18.2 Å². The average Bonchev–Trinajstić information content (AvgIpc) is 2.31. The van der Waals surface area contributed by atoms with E-state index in [9.17, 15) is 5.11 Å². The number of aliphatic hydroxyl groups excluding tert-OH is 1. The molecule has 1 aromatic rings. The minimum Gasteiger partial charge on any atom is -0.487 e. The number of rotatable bonds is 3. The van der Waals surface area contributed by atoms with E-state index in [4.69, 9.17) is 4.74 Å². The van der Waals surface area contributed by atoms with Crippen LogP contribution in [0.25, 0.3) is 0 Å². The normalized spacial score (nSPS) is 27.4. The Morgan fingerprint density at radius 1 is 1.47 bits per heavy atom. The summed E-state index contributed by atoms with van der Waals surface area (Å²) in [5.74, 6) is 0.835. The highest BCUT2D eigenvalue weighted by Gasteiger charge is 2.38. The zero-order valence-electron chi connectivity index (χ0n) is 10.4. The highest BCUT2D eigenvalue weighted by atomic mass is 79.9. The second kappa shape index (κ2) is 4.99. The Balaban J connectivity index is 2.35. The summed E-state index contributed by atoms with van der Waals surface area (Å²) in [6, 6.07) is 5.86. The quantitative estimate of drug-likeness (QED) is 0.905. The third kappa shape index (κ3) is 2.50. The van der Waals surface area contributed by atoms with Crippen LogP contribution in [0.1, 0.15) is 51.2 Å². The van der Waals surface area contributed by atoms with Crippen molar-refractivity contribution in [2.45, 2.75) is 51.2 Å². The SMILES string of the molecule is CCCC1(CC)C[C@H](O)c2cc(Br)ccc2O1. The lowest BCUT2D eigenvalue weighted by atomic mass is 9.84. The van der Waals surface area contributed by atoms with Gasteiger partial charge in [-0.3, -0.25) is 0 Å². The van der Waals surface area contributed by atoms with Gasteiger partial charge in [0.1, 0.15) is 11.4 Å². The van der Waals surface area contributed by atoms with Crippen molar-refractivity contribution in [3.05, 3.63) is 28.2 Å². The summed E-state index contributed by atoms with van der Waals surface area (Å²) in [5.41, 5.74) is 0.717. The highest BCUT2D eigenvalue weighted by Crippen LogP contribution is 2.43. The van der Waals surface area contributed by atoms with Crippen LogP contribution in [-0.2, 0) is 0 Å². The van der Waals surface area contributed by atoms with Gasteiger partial charge in [0, 0.05) is 16.5 Å². The molecule has 0 bridgehead atoms. The Labute approximate surface area is 111 Å². The van der Waals surface area contributed by atoms with Crippen LogP contribution in [0.2, 0.25) is 0 Å². The second-order valence-electron chi connectivity index (χ2n) is 4.79. The summed E-state index contributed by atoms with van der Waals surface area (Å²) in [6.45, 7) is 4.29. The van der Waals surface area contributed by atoms with Crippen molar-refractivity contribution in [2.75, 3.05) is 0 Å². The van der Waals surface area contributed by atoms with Gasteiger partial charge in [0.15, 0.2) is 0 Å². The number of fused-ring (bicyclic) bond motifs is 1. The molecule has 1 aromatic carbocycles. The summed E-state index contributed by atoms with van der Waals surface area (Å²) in [7, 11) is 0. The first-order valence-electron chi connectivity index (χ1n) is 6.27. The lowest BCUT2D eigenvalue weighted by Gasteiger charge is -2.40. The smallest absolute Gasteiger partial charge is 0.126 e. The van der Waals surface area contributed by atoms with E-state index in [2.05, 4.69) is 29.8 Å². The lowest BCUT2D eigenvalue weighted by molar-refractivity contribution is -0.0232. The molecule has 2 atom stereocenters. The zero-order valence-corrected chi connectivity index (χ0v) is 12.0. The molecule has 94 valence electrons. The van der Waals surface area contributed by atoms with Gasteiger partial charge in [0.25, 0.3) is 0 Å². The molecular formula is C14H19BrO2. The minimum atomic E-state index is -0.414. The Morgan fingerprint density at radius 2 is 2.24 bits per heavy atom. The molecule has 17 heavy (non-hydrogen) atoms. The molecule has 0 spiro atoms. The Morgan fingerprint density at radius 3 is 2.88 bits per heavy atom. The van der Waals surface area contributed by atoms with E-state index in [1.165, 1.54) is 0 Å². The van der Waals surface area contributed by atoms with Gasteiger partial charge < -0.3 is 9.84 Å². The first kappa shape index (κ1) is 12.9. The van der Waals surface area contributed by atoms with Crippen LogP contribution in [0, 0.1) is 0 Å². The van der Waals surface area contributed by atoms with E-state index in [0.717, 1.165) is 35.0 Å². The Kier molecular flexibility index (Phi) is 3.79. The fraction of sp³-hybridized carbons (Fsp3) is 0.571. The van der Waals surface area contributed by atoms with Gasteiger partial charge in [0.05, 0.1) is 6.10 Å². The third-order valence-electron chi connectivity index (χ3n) is 3.57. The average molecular weight is 299 g/mol. The number of ether oxygens (including phenoxy) is 1. The fourth-order valence-corrected chi connectivity index (χ4v) is 2.99. The largest absolute Gasteiger partial charge is 0.487 e. The second-order valence-corrected chi connectivity index (χ2v) is 5.71. The third-order valence-corrected chi connectivity index (χ3v) is 4.07. The molecule has 0 radical (unpaired) electrons. The van der Waals surface area contributed by atoms with E-state index in [1.54, 1.807) is 0 Å². The van der Waals surface area contributed by atoms with Crippen molar-refractivity contribution in [1.82, 2.24) is 0 Å². The van der Waals surface area contributed by atoms with Crippen LogP contribution in [0.15, 0.2) is 22.7 Å². The molecular weight excluding hydrogens is 280 g/mol. The van der Waals surface area contributed by atoms with Crippen molar-refractivity contribution in [3.63, 3.8) is 0 Å². The molecule has 0 aromatic heterocycles. The summed E-state index contributed by atoms with van der Waals surface area (Å²) in [4.78, 5) is 0. The molecule has 2 rings (SSSR count). The summed E-state index contributed by atoms with van der Waals surface area (Å²) >= 11 is 3.43. The monoisotopic (exact) mass is 298 g/mol. The van der Waals surface area contributed by atoms with Crippen LogP contribution >= 0.6 is 15.9 Å². The van der Waals surface area contributed by atoms with E-state index in [-0.39, 0.29) is 5.60 Å². The number of aliphatic hydroxyl groups is 1. The highest BCUT2D eigenvalue weighted by molar-refractivity contribution is 9.10. The van der Waals surface area contributed by atoms with Gasteiger partial charge >= 0.3 is 0 Å². The zero-order chi connectivity index (χ0) is 12.5. The standard InChI is InChI=1S/C14H19BrO2/c1-3-7-14(4-2)9-12(16)11-8-10(15)5-6-13(11)17-14/h5-6,8,12,16H,3-4,7,9H2,1-2H3/t12-,14?/m0/s1. The maximum absolute atomic E-state index is 10.3. The molecule has 0 saturated heterocycles. The molecule has 1 aliphatic heterocycles. The predicted octanol–water partition coefficient (Wildman–Crippen LogP) is 4.21. The van der Waals surface area contributed by atoms with Crippen LogP contribution in [0.5, 0.6) is 5.75 Å². The van der Waals surface area contributed by atoms with Gasteiger partial charge in [-0.05, 0) is 31.0 Å². The first-order valence-corrected chi connectivity index (χ1v) is 7.06. The fourth-order valence-electron chi connectivity index (χ4n) is 2.61. The molecule has 0 amide bonds. The Hall–Kier alpha value is -0.540. The Bertz CT molecular complexity index is 405. The van der Waals surface area contributed by atoms with Crippen molar-refractivity contribution >= 4 is 15.9 Å². The number of hydrogen-bond acceptors (Lipinski definition) is 2. The summed E-state index contributed by atoms with van der Waals surface area (Å²) in [6.07, 6.45) is 3.29. The van der Waals surface area contributed by atoms with Gasteiger partial charge in [-0.25, -0.2) is 0 Å². The van der Waals surface area contributed by atoms with Gasteiger partial charge in [-0.2, -0.15) is 0 Å². The van der Waals surface area contributed by atoms with Crippen molar-refractivity contribution < 1.29 is 9.84 Å². The minimum absolute atomic E-state index is 0.186. The maximum Gasteiger partial charge on any atom is 0.126 e. The molecule has 1 heterocycles. The molecule has 0 fully saturated rings. The number of hydrogen-bond donors (Lipinski definition) is 1. The van der Waals surface area contributed by atoms with E-state index >= 15 is 0 Å². The van der Waals surface area contributed by atoms with Crippen LogP contribution in [-0.4, -0.2) is 10.7 Å². The van der Waals surface area contributed by atoms with E-state index < -0.39 is 6.10 Å². The summed E-state index contributed by atoms with van der Waals surface area (Å²) < 4.78 is 7.14. The maximum atomic E-state index is 10.3. The van der Waals surface area contributed by atoms with Gasteiger partial charge in [-0.1, -0.05) is 36.2 Å². The van der Waals surface area contributed by atoms with Crippen LogP contribution < -0.4 is 4.74 Å².